The van der Waals surface area contributed by atoms with E-state index in [4.69, 9.17) is 71.1 Å². The number of unbranched alkanes of at least 4 members (excludes halogenated alkanes) is 3. The topological polar surface area (TPSA) is 620 Å². The summed E-state index contributed by atoms with van der Waals surface area (Å²) in [7, 11) is 0. The van der Waals surface area contributed by atoms with Crippen molar-refractivity contribution >= 4 is 59.1 Å². The Hall–Kier alpha value is -6.26. The van der Waals surface area contributed by atoms with Crippen LogP contribution in [0.3, 0.4) is 0 Å². The molecule has 3 aliphatic heterocycles. The Morgan fingerprint density at radius 2 is 0.589 bits per heavy atom. The van der Waals surface area contributed by atoms with Crippen LogP contribution in [0, 0.1) is 0 Å². The van der Waals surface area contributed by atoms with E-state index in [1.54, 1.807) is 0 Å². The summed E-state index contributed by atoms with van der Waals surface area (Å²) in [5.41, 5.74) is 0. The summed E-state index contributed by atoms with van der Waals surface area (Å²) in [5, 5.41) is 124. The molecule has 648 valence electrons. The Morgan fingerprint density at radius 3 is 0.884 bits per heavy atom. The number of rotatable bonds is 63. The van der Waals surface area contributed by atoms with Gasteiger partial charge in [0.05, 0.1) is 139 Å². The van der Waals surface area contributed by atoms with Gasteiger partial charge < -0.3 is 170 Å². The second-order valence-corrected chi connectivity index (χ2v) is 26.0. The molecule has 44 nitrogen and oxygen atoms in total. The molecule has 0 spiro atoms. The number of carbonyl (C=O) groups excluding carboxylic acids is 9. The van der Waals surface area contributed by atoms with Crippen LogP contribution in [0.15, 0.2) is 0 Å². The fraction of sp³-hybridized carbons (Fsp3) is 0.853. The lowest BCUT2D eigenvalue weighted by atomic mass is 9.97. The molecule has 19 N–H and O–H groups in total. The van der Waals surface area contributed by atoms with Crippen molar-refractivity contribution in [1.82, 2.24) is 47.9 Å². The fourth-order valence-corrected chi connectivity index (χ4v) is 11.1. The van der Waals surface area contributed by atoms with Crippen LogP contribution in [0.25, 0.3) is 0 Å². The van der Waals surface area contributed by atoms with Crippen LogP contribution in [-0.2, 0) is 119 Å². The number of aliphatic hydroxyl groups is 9. The predicted molar refractivity (Wildman–Crippen MR) is 381 cm³/mol. The van der Waals surface area contributed by atoms with Crippen molar-refractivity contribution in [3.8, 4) is 0 Å². The molecule has 0 aliphatic carbocycles. The first-order chi connectivity index (χ1) is 53.7. The minimum atomic E-state index is -1.49. The zero-order chi connectivity index (χ0) is 82.6. The van der Waals surface area contributed by atoms with Gasteiger partial charge in [-0.15, -0.1) is 0 Å². The first-order valence-electron chi connectivity index (χ1n) is 37.4. The van der Waals surface area contributed by atoms with Crippen molar-refractivity contribution in [3.63, 3.8) is 0 Å². The monoisotopic (exact) mass is 1620 g/mol. The van der Waals surface area contributed by atoms with Crippen LogP contribution in [0.5, 0.6) is 0 Å². The molecule has 3 heterocycles. The molecular weight excluding hydrogens is 1500 g/mol. The molecule has 0 aromatic rings. The summed E-state index contributed by atoms with van der Waals surface area (Å²) in [6.45, 7) is 3.33. The van der Waals surface area contributed by atoms with E-state index in [0.29, 0.717) is 12.8 Å². The van der Waals surface area contributed by atoms with Crippen LogP contribution in [0.1, 0.15) is 85.5 Å². The summed E-state index contributed by atoms with van der Waals surface area (Å²) in [6, 6.07) is -7.41. The van der Waals surface area contributed by atoms with Gasteiger partial charge in [-0.25, -0.2) is 4.79 Å². The Kier molecular flexibility index (Phi) is 53.0. The zero-order valence-electron chi connectivity index (χ0n) is 64.0. The summed E-state index contributed by atoms with van der Waals surface area (Å²) >= 11 is 0. The normalized spacial score (nSPS) is 24.5. The second-order valence-electron chi connectivity index (χ2n) is 26.0. The lowest BCUT2D eigenvalue weighted by Crippen LogP contribution is -2.64. The molecule has 0 bridgehead atoms. The summed E-state index contributed by atoms with van der Waals surface area (Å²) in [5.74, 6) is -6.52. The molecule has 0 unspecified atom stereocenters. The quantitative estimate of drug-likeness (QED) is 0.0251. The van der Waals surface area contributed by atoms with Crippen molar-refractivity contribution < 1.29 is 170 Å². The first-order valence-corrected chi connectivity index (χ1v) is 37.4. The van der Waals surface area contributed by atoms with Gasteiger partial charge in [0.2, 0.25) is 53.2 Å². The molecule has 44 heteroatoms. The highest BCUT2D eigenvalue weighted by Gasteiger charge is 2.48. The molecule has 3 aliphatic rings. The van der Waals surface area contributed by atoms with E-state index in [9.17, 15) is 99.0 Å². The maximum Gasteiger partial charge on any atom is 0.326 e. The third kappa shape index (κ3) is 41.9. The van der Waals surface area contributed by atoms with Crippen LogP contribution >= 0.6 is 0 Å². The summed E-state index contributed by atoms with van der Waals surface area (Å²) < 4.78 is 82.7. The molecule has 0 saturated carbocycles. The standard InChI is InChI=1S/C68H121N9O35/c1-41(81)69-14-8-7-13-47(65(96)97)77-64(95)46(12-6-10-16-71-52(86)39-105-27-24-99-18-21-102-30-33-108-67-55(73-43(3)83)61(92)58(89)49(36-79)111-67)76-63(94)45(75-53(87)40-106-28-25-100-19-22-103-31-34-109-68-56(74-44(4)84)62(93)59(90)50(37-80)112-68)11-5-9-15-70-51(85)38-104-26-23-98-17-20-101-29-32-107-66-54(72-42(2)82)60(91)57(88)48(35-78)110-66/h45-50,54-62,66-68,78-80,88-93H,5-40H2,1-4H3,(H,69,81)(H,70,85)(H,71,86)(H,72,82)(H,73,83)(H,74,84)(H,75,87)(H,76,94)(H,77,95)(H,96,97)/t45-,46-,47-,48+,49+,50+,54+,55+,56+,57-,58-,59-,60+,61+,62+,66+,67+,68+/m0/s1. The van der Waals surface area contributed by atoms with E-state index >= 15 is 0 Å². The van der Waals surface area contributed by atoms with Gasteiger partial charge >= 0.3 is 5.97 Å². The number of carboxylic acid groups (broad SMARTS) is 1. The molecule has 0 aromatic carbocycles. The van der Waals surface area contributed by atoms with Crippen molar-refractivity contribution in [3.05, 3.63) is 0 Å². The van der Waals surface area contributed by atoms with Crippen LogP contribution < -0.4 is 47.9 Å². The first kappa shape index (κ1) is 99.9. The minimum Gasteiger partial charge on any atom is -0.480 e. The molecule has 112 heavy (non-hydrogen) atoms. The van der Waals surface area contributed by atoms with Gasteiger partial charge in [-0.2, -0.15) is 0 Å². The van der Waals surface area contributed by atoms with Crippen molar-refractivity contribution in [1.29, 1.82) is 0 Å². The van der Waals surface area contributed by atoms with Crippen molar-refractivity contribution in [2.75, 3.05) is 178 Å². The Balaban J connectivity index is 1.52. The second kappa shape index (κ2) is 59.4. The van der Waals surface area contributed by atoms with E-state index in [1.165, 1.54) is 27.7 Å². The highest BCUT2D eigenvalue weighted by atomic mass is 16.7. The van der Waals surface area contributed by atoms with Gasteiger partial charge in [0.1, 0.15) is 111 Å². The van der Waals surface area contributed by atoms with Gasteiger partial charge in [-0.3, -0.25) is 43.2 Å². The van der Waals surface area contributed by atoms with E-state index in [0.717, 1.165) is 0 Å². The van der Waals surface area contributed by atoms with Gasteiger partial charge in [0, 0.05) is 47.3 Å². The summed E-state index contributed by atoms with van der Waals surface area (Å²) in [6.07, 6.45) is -14.3. The Labute approximate surface area is 648 Å². The molecular formula is C68H121N9O35. The molecule has 0 radical (unpaired) electrons. The van der Waals surface area contributed by atoms with Crippen LogP contribution in [0.2, 0.25) is 0 Å². The molecule has 0 aromatic heterocycles. The fourth-order valence-electron chi connectivity index (χ4n) is 11.1. The number of nitrogens with one attached hydrogen (secondary N) is 9. The maximum absolute atomic E-state index is 14.3. The molecule has 3 fully saturated rings. The number of aliphatic carboxylic acids is 1. The van der Waals surface area contributed by atoms with Gasteiger partial charge in [-0.1, -0.05) is 0 Å². The summed E-state index contributed by atoms with van der Waals surface area (Å²) in [4.78, 5) is 126. The third-order valence-electron chi connectivity index (χ3n) is 16.9. The predicted octanol–water partition coefficient (Wildman–Crippen LogP) is -9.56. The average molecular weight is 1620 g/mol. The third-order valence-corrected chi connectivity index (χ3v) is 16.9. The molecule has 3 saturated heterocycles. The zero-order valence-corrected chi connectivity index (χ0v) is 64.0. The lowest BCUT2D eigenvalue weighted by Gasteiger charge is -2.42. The molecule has 3 rings (SSSR count). The SMILES string of the molecule is CC(=O)NCCCC[C@H](NC(=O)[C@H](CCCCNC(=O)COCCOCCOCCO[C@@H]1O[C@H](CO)[C@H](O)[C@H](O)[C@H]1NC(C)=O)NC(=O)[C@H](CCCCNC(=O)COCCOCCOCCO[C@@H]1O[C@H](CO)[C@H](O)[C@H](O)[C@H]1NC(C)=O)NC(=O)COCCOCCOCCO[C@@H]1O[C@H](CO)[C@H](O)[C@H](O)[C@H]1NC(C)=O)C(=O)O. The number of aliphatic hydroxyl groups excluding tert-OH is 9. The van der Waals surface area contributed by atoms with Gasteiger partial charge in [0.15, 0.2) is 18.9 Å². The Morgan fingerprint density at radius 1 is 0.321 bits per heavy atom. The van der Waals surface area contributed by atoms with Crippen molar-refractivity contribution in [2.24, 2.45) is 0 Å². The van der Waals surface area contributed by atoms with Gasteiger partial charge in [-0.05, 0) is 57.8 Å². The van der Waals surface area contributed by atoms with E-state index in [-0.39, 0.29) is 203 Å². The lowest BCUT2D eigenvalue weighted by molar-refractivity contribution is -0.272. The number of ether oxygens (including phenoxy) is 15. The van der Waals surface area contributed by atoms with E-state index in [1.807, 2.05) is 0 Å². The van der Waals surface area contributed by atoms with Gasteiger partial charge in [0.25, 0.3) is 0 Å². The van der Waals surface area contributed by atoms with Crippen molar-refractivity contribution in [2.45, 2.75) is 196 Å². The number of hydrogen-bond donors (Lipinski definition) is 19. The molecule has 9 amide bonds. The minimum absolute atomic E-state index is 0.00127. The highest BCUT2D eigenvalue weighted by molar-refractivity contribution is 5.93. The van der Waals surface area contributed by atoms with E-state index < -0.39 is 190 Å². The number of amides is 9. The highest BCUT2D eigenvalue weighted by Crippen LogP contribution is 2.25. The Bertz CT molecular complexity index is 2690. The average Bonchev–Trinajstić information content (AvgIpc) is 0.820. The largest absolute Gasteiger partial charge is 0.480 e. The number of hydrogen-bond acceptors (Lipinski definition) is 34. The smallest absolute Gasteiger partial charge is 0.326 e. The number of carbonyl (C=O) groups is 10. The number of carboxylic acids is 1. The maximum atomic E-state index is 14.3. The van der Waals surface area contributed by atoms with Crippen LogP contribution in [0.4, 0.5) is 0 Å². The van der Waals surface area contributed by atoms with E-state index in [2.05, 4.69) is 47.9 Å². The van der Waals surface area contributed by atoms with Crippen LogP contribution in [-0.4, -0.2) is 398 Å². The molecule has 18 atom stereocenters.